The van der Waals surface area contributed by atoms with Crippen LogP contribution in [0.3, 0.4) is 0 Å². The molecule has 1 unspecified atom stereocenters. The second kappa shape index (κ2) is 10.1. The van der Waals surface area contributed by atoms with Crippen LogP contribution >= 0.6 is 0 Å². The Morgan fingerprint density at radius 3 is 2.74 bits per heavy atom. The van der Waals surface area contributed by atoms with E-state index in [4.69, 9.17) is 4.74 Å². The van der Waals surface area contributed by atoms with Gasteiger partial charge in [0, 0.05) is 37.7 Å². The third-order valence-corrected chi connectivity index (χ3v) is 7.47. The van der Waals surface area contributed by atoms with E-state index in [1.807, 2.05) is 4.72 Å². The smallest absolute Gasteiger partial charge is 0.293 e. The summed E-state index contributed by atoms with van der Waals surface area (Å²) in [6, 6.07) is 12.4. The molecule has 0 radical (unpaired) electrons. The van der Waals surface area contributed by atoms with E-state index < -0.39 is 31.4 Å². The van der Waals surface area contributed by atoms with Gasteiger partial charge in [-0.2, -0.15) is 0 Å². The van der Waals surface area contributed by atoms with Crippen molar-refractivity contribution in [1.29, 1.82) is 0 Å². The highest BCUT2D eigenvalue weighted by atomic mass is 32.2. The van der Waals surface area contributed by atoms with Crippen molar-refractivity contribution in [3.05, 3.63) is 82.7 Å². The van der Waals surface area contributed by atoms with E-state index in [-0.39, 0.29) is 35.4 Å². The number of nitrogens with zero attached hydrogens (tertiary/aromatic N) is 3. The lowest BCUT2D eigenvalue weighted by atomic mass is 10.2. The van der Waals surface area contributed by atoms with Gasteiger partial charge in [0.05, 0.1) is 27.6 Å². The first kappa shape index (κ1) is 25.7. The van der Waals surface area contributed by atoms with Gasteiger partial charge in [0.2, 0.25) is 5.91 Å². The summed E-state index contributed by atoms with van der Waals surface area (Å²) in [7, 11) is -2.88. The first-order valence-electron chi connectivity index (χ1n) is 11.7. The van der Waals surface area contributed by atoms with Gasteiger partial charge in [-0.3, -0.25) is 19.7 Å². The highest BCUT2D eigenvalue weighted by molar-refractivity contribution is 7.90. The number of nitro groups is 1. The molecule has 4 aromatic rings. The van der Waals surface area contributed by atoms with Crippen molar-refractivity contribution < 1.29 is 27.7 Å². The fourth-order valence-corrected chi connectivity index (χ4v) is 5.20. The molecule has 2 amide bonds. The Morgan fingerprint density at radius 2 is 2.00 bits per heavy atom. The van der Waals surface area contributed by atoms with Crippen molar-refractivity contribution >= 4 is 44.2 Å². The fraction of sp³-hybridized carbons (Fsp3) is 0.160. The molecule has 3 N–H and O–H groups in total. The molecular formula is C25H22N6O7S. The van der Waals surface area contributed by atoms with Gasteiger partial charge in [0.25, 0.3) is 21.6 Å². The highest BCUT2D eigenvalue weighted by Crippen LogP contribution is 2.30. The number of para-hydroxylation sites is 1. The zero-order valence-electron chi connectivity index (χ0n) is 20.5. The average Bonchev–Trinajstić information content (AvgIpc) is 3.49. The summed E-state index contributed by atoms with van der Waals surface area (Å²) in [4.78, 5) is 44.0. The third-order valence-electron chi connectivity index (χ3n) is 6.14. The molecule has 1 atom stereocenters. The van der Waals surface area contributed by atoms with Crippen LogP contribution in [0.2, 0.25) is 0 Å². The lowest BCUT2D eigenvalue weighted by molar-refractivity contribution is -0.384. The minimum atomic E-state index is -4.50. The molecule has 1 aliphatic heterocycles. The molecule has 2 aromatic heterocycles. The van der Waals surface area contributed by atoms with Gasteiger partial charge in [-0.15, -0.1) is 0 Å². The van der Waals surface area contributed by atoms with Crippen molar-refractivity contribution in [3.8, 4) is 11.5 Å². The quantitative estimate of drug-likeness (QED) is 0.220. The number of hydrogen-bond donors (Lipinski definition) is 3. The van der Waals surface area contributed by atoms with Crippen molar-refractivity contribution in [2.24, 2.45) is 0 Å². The number of likely N-dealkylation sites (N-methyl/N-ethyl adjacent to an activating group) is 1. The number of rotatable bonds is 8. The number of nitrogens with one attached hydrogen (secondary N) is 3. The van der Waals surface area contributed by atoms with Gasteiger partial charge < -0.3 is 19.9 Å². The number of benzene rings is 2. The maximum absolute atomic E-state index is 13.0. The maximum Gasteiger partial charge on any atom is 0.293 e. The second-order valence-corrected chi connectivity index (χ2v) is 10.6. The molecule has 0 bridgehead atoms. The number of carbonyl (C=O) groups excluding carboxylic acids is 2. The monoisotopic (exact) mass is 550 g/mol. The Hall–Kier alpha value is -4.98. The molecule has 1 aliphatic rings. The molecule has 0 saturated carbocycles. The lowest BCUT2D eigenvalue weighted by Gasteiger charge is -2.15. The van der Waals surface area contributed by atoms with Crippen LogP contribution < -0.4 is 14.8 Å². The van der Waals surface area contributed by atoms with Gasteiger partial charge >= 0.3 is 0 Å². The number of aromatic amines is 1. The molecule has 5 rings (SSSR count). The zero-order chi connectivity index (χ0) is 27.7. The number of hydrogen-bond acceptors (Lipinski definition) is 9. The standard InChI is InChI=1S/C25H22N6O7S/c1-30-14-16(11-23(30)32)28-20-7-6-18(12-21(20)31(34)35)39(36,37)29-25(33)19-4-2-3-5-22(19)38-17-10-15-8-9-26-24(15)27-13-17/h2-10,12-13,16,28H,11,14H2,1H3,(H,26,27)(H,29,33). The van der Waals surface area contributed by atoms with Crippen LogP contribution in [0, 0.1) is 10.1 Å². The Labute approximate surface area is 222 Å². The SMILES string of the molecule is CN1CC(Nc2ccc(S(=O)(=O)NC(=O)c3ccccc3Oc3cnc4[nH]ccc4c3)cc2[N+](=O)[O-])CC1=O. The van der Waals surface area contributed by atoms with E-state index in [9.17, 15) is 28.1 Å². The third kappa shape index (κ3) is 5.36. The minimum absolute atomic E-state index is 0.0603. The Kier molecular flexibility index (Phi) is 6.62. The molecule has 1 saturated heterocycles. The molecule has 200 valence electrons. The minimum Gasteiger partial charge on any atom is -0.455 e. The normalized spacial score (nSPS) is 15.4. The Morgan fingerprint density at radius 1 is 1.21 bits per heavy atom. The molecule has 0 aliphatic carbocycles. The summed E-state index contributed by atoms with van der Waals surface area (Å²) in [6.07, 6.45) is 3.33. The van der Waals surface area contributed by atoms with Crippen LogP contribution in [-0.4, -0.2) is 59.7 Å². The summed E-state index contributed by atoms with van der Waals surface area (Å²) < 4.78 is 33.8. The summed E-state index contributed by atoms with van der Waals surface area (Å²) in [6.45, 7) is 0.350. The van der Waals surface area contributed by atoms with Crippen LogP contribution in [0.5, 0.6) is 11.5 Å². The van der Waals surface area contributed by atoms with Gasteiger partial charge in [-0.05, 0) is 36.4 Å². The number of sulfonamides is 1. The number of likely N-dealkylation sites (tertiary alicyclic amines) is 1. The second-order valence-electron chi connectivity index (χ2n) is 8.88. The number of pyridine rings is 1. The lowest BCUT2D eigenvalue weighted by Crippen LogP contribution is -2.31. The van der Waals surface area contributed by atoms with Gasteiger partial charge in [-0.25, -0.2) is 18.1 Å². The van der Waals surface area contributed by atoms with Crippen molar-refractivity contribution in [3.63, 3.8) is 0 Å². The molecule has 39 heavy (non-hydrogen) atoms. The average molecular weight is 551 g/mol. The number of aromatic nitrogens is 2. The fourth-order valence-electron chi connectivity index (χ4n) is 4.21. The molecule has 2 aromatic carbocycles. The van der Waals surface area contributed by atoms with Crippen LogP contribution in [0.25, 0.3) is 11.0 Å². The first-order valence-corrected chi connectivity index (χ1v) is 13.1. The van der Waals surface area contributed by atoms with Crippen molar-refractivity contribution in [1.82, 2.24) is 19.6 Å². The molecule has 0 spiro atoms. The van der Waals surface area contributed by atoms with E-state index in [0.717, 1.165) is 17.5 Å². The molecule has 14 heteroatoms. The Bertz CT molecular complexity index is 1720. The van der Waals surface area contributed by atoms with E-state index >= 15 is 0 Å². The summed E-state index contributed by atoms with van der Waals surface area (Å²) in [5.41, 5.74) is 0.130. The molecule has 3 heterocycles. The Balaban J connectivity index is 1.36. The number of carbonyl (C=O) groups is 2. The summed E-state index contributed by atoms with van der Waals surface area (Å²) in [5, 5.41) is 15.4. The molecule has 1 fully saturated rings. The zero-order valence-corrected chi connectivity index (χ0v) is 21.3. The topological polar surface area (TPSA) is 177 Å². The van der Waals surface area contributed by atoms with Gasteiger partial charge in [0.15, 0.2) is 0 Å². The van der Waals surface area contributed by atoms with E-state index in [1.165, 1.54) is 29.3 Å². The van der Waals surface area contributed by atoms with Crippen molar-refractivity contribution in [2.75, 3.05) is 18.9 Å². The van der Waals surface area contributed by atoms with Gasteiger partial charge in [-0.1, -0.05) is 12.1 Å². The van der Waals surface area contributed by atoms with E-state index in [1.54, 1.807) is 37.5 Å². The maximum atomic E-state index is 13.0. The molecule has 13 nitrogen and oxygen atoms in total. The summed E-state index contributed by atoms with van der Waals surface area (Å²) >= 11 is 0. The van der Waals surface area contributed by atoms with E-state index in [2.05, 4.69) is 15.3 Å². The number of ether oxygens (including phenoxy) is 1. The predicted molar refractivity (Wildman–Crippen MR) is 140 cm³/mol. The number of fused-ring (bicyclic) bond motifs is 1. The number of nitro benzene ring substituents is 1. The summed E-state index contributed by atoms with van der Waals surface area (Å²) in [5.74, 6) is -0.677. The van der Waals surface area contributed by atoms with E-state index in [0.29, 0.717) is 17.9 Å². The van der Waals surface area contributed by atoms with Crippen LogP contribution in [0.15, 0.2) is 71.9 Å². The van der Waals surface area contributed by atoms with Crippen molar-refractivity contribution in [2.45, 2.75) is 17.4 Å². The van der Waals surface area contributed by atoms with Crippen LogP contribution in [-0.2, 0) is 14.8 Å². The highest BCUT2D eigenvalue weighted by Gasteiger charge is 2.30. The van der Waals surface area contributed by atoms with Crippen LogP contribution in [0.4, 0.5) is 11.4 Å². The predicted octanol–water partition coefficient (Wildman–Crippen LogP) is 3.02. The first-order chi connectivity index (χ1) is 18.6. The number of anilines is 1. The number of amides is 2. The largest absolute Gasteiger partial charge is 0.455 e. The van der Waals surface area contributed by atoms with Gasteiger partial charge in [0.1, 0.15) is 22.8 Å². The molecular weight excluding hydrogens is 528 g/mol. The number of H-pyrrole nitrogens is 1. The van der Waals surface area contributed by atoms with Crippen LogP contribution in [0.1, 0.15) is 16.8 Å².